The summed E-state index contributed by atoms with van der Waals surface area (Å²) in [5.74, 6) is 0.547. The monoisotopic (exact) mass is 318 g/mol. The van der Waals surface area contributed by atoms with E-state index >= 15 is 0 Å². The lowest BCUT2D eigenvalue weighted by atomic mass is 10.0. The number of pyridine rings is 1. The van der Waals surface area contributed by atoms with Gasteiger partial charge in [0.1, 0.15) is 17.0 Å². The number of nitrogen functional groups attached to an aromatic ring is 1. The summed E-state index contributed by atoms with van der Waals surface area (Å²) < 4.78 is 0.953. The molecule has 1 aromatic carbocycles. The zero-order valence-electron chi connectivity index (χ0n) is 12.4. The van der Waals surface area contributed by atoms with Crippen LogP contribution in [0.25, 0.3) is 31.7 Å². The lowest BCUT2D eigenvalue weighted by molar-refractivity contribution is 0.913. The van der Waals surface area contributed by atoms with Crippen LogP contribution in [0.5, 0.6) is 0 Å². The van der Waals surface area contributed by atoms with Crippen molar-refractivity contribution in [1.82, 2.24) is 15.0 Å². The maximum absolute atomic E-state index is 6.05. The minimum absolute atomic E-state index is 0.547. The molecule has 3 heterocycles. The molecule has 0 spiro atoms. The predicted octanol–water partition coefficient (Wildman–Crippen LogP) is 3.98. The SMILES string of the molecule is Nc1ncnc2c1sc1nc(-c3ccccc3)c3c(c12)CCC3. The molecule has 0 saturated carbocycles. The molecule has 0 radical (unpaired) electrons. The largest absolute Gasteiger partial charge is 0.382 e. The third kappa shape index (κ3) is 1.80. The Morgan fingerprint density at radius 2 is 1.83 bits per heavy atom. The smallest absolute Gasteiger partial charge is 0.144 e. The second-order valence-corrected chi connectivity index (χ2v) is 6.86. The van der Waals surface area contributed by atoms with E-state index in [2.05, 4.69) is 34.2 Å². The molecular weight excluding hydrogens is 304 g/mol. The van der Waals surface area contributed by atoms with Crippen molar-refractivity contribution >= 4 is 37.6 Å². The maximum Gasteiger partial charge on any atom is 0.144 e. The van der Waals surface area contributed by atoms with Crippen molar-refractivity contribution < 1.29 is 0 Å². The minimum Gasteiger partial charge on any atom is -0.382 e. The highest BCUT2D eigenvalue weighted by molar-refractivity contribution is 7.26. The zero-order chi connectivity index (χ0) is 15.4. The van der Waals surface area contributed by atoms with Gasteiger partial charge in [-0.2, -0.15) is 0 Å². The molecule has 1 aliphatic carbocycles. The Morgan fingerprint density at radius 3 is 2.70 bits per heavy atom. The van der Waals surface area contributed by atoms with Crippen LogP contribution in [-0.2, 0) is 12.8 Å². The normalized spacial score (nSPS) is 13.7. The Balaban J connectivity index is 1.93. The topological polar surface area (TPSA) is 64.7 Å². The number of thiophene rings is 1. The lowest BCUT2D eigenvalue weighted by Crippen LogP contribution is -1.94. The summed E-state index contributed by atoms with van der Waals surface area (Å²) >= 11 is 1.60. The zero-order valence-corrected chi connectivity index (χ0v) is 13.2. The van der Waals surface area contributed by atoms with Crippen LogP contribution in [0.3, 0.4) is 0 Å². The number of hydrogen-bond donors (Lipinski definition) is 1. The van der Waals surface area contributed by atoms with Gasteiger partial charge in [-0.15, -0.1) is 11.3 Å². The van der Waals surface area contributed by atoms with Gasteiger partial charge in [-0.1, -0.05) is 30.3 Å². The van der Waals surface area contributed by atoms with Crippen LogP contribution in [0.15, 0.2) is 36.7 Å². The third-order valence-electron chi connectivity index (χ3n) is 4.55. The molecule has 112 valence electrons. The van der Waals surface area contributed by atoms with Gasteiger partial charge >= 0.3 is 0 Å². The molecule has 5 rings (SSSR count). The van der Waals surface area contributed by atoms with Crippen LogP contribution >= 0.6 is 11.3 Å². The summed E-state index contributed by atoms with van der Waals surface area (Å²) in [4.78, 5) is 14.6. The van der Waals surface area contributed by atoms with Crippen molar-refractivity contribution in [2.75, 3.05) is 5.73 Å². The standard InChI is InChI=1S/C18H14N4S/c19-17-16-15(20-9-21-17)13-11-7-4-8-12(11)14(22-18(13)23-16)10-5-2-1-3-6-10/h1-3,5-6,9H,4,7-8H2,(H2,19,20,21). The van der Waals surface area contributed by atoms with E-state index in [1.54, 1.807) is 17.7 Å². The fourth-order valence-corrected chi connectivity index (χ4v) is 4.61. The minimum atomic E-state index is 0.547. The van der Waals surface area contributed by atoms with Gasteiger partial charge in [0.05, 0.1) is 15.9 Å². The first-order chi connectivity index (χ1) is 11.3. The predicted molar refractivity (Wildman–Crippen MR) is 94.6 cm³/mol. The second kappa shape index (κ2) is 4.73. The molecule has 3 aromatic heterocycles. The van der Waals surface area contributed by atoms with Gasteiger partial charge in [0.15, 0.2) is 0 Å². The van der Waals surface area contributed by atoms with Crippen LogP contribution in [-0.4, -0.2) is 15.0 Å². The van der Waals surface area contributed by atoms with Crippen molar-refractivity contribution in [3.63, 3.8) is 0 Å². The highest BCUT2D eigenvalue weighted by Gasteiger charge is 2.24. The average Bonchev–Trinajstić information content (AvgIpc) is 3.19. The van der Waals surface area contributed by atoms with Crippen molar-refractivity contribution in [2.45, 2.75) is 19.3 Å². The number of hydrogen-bond acceptors (Lipinski definition) is 5. The number of benzene rings is 1. The number of rotatable bonds is 1. The molecule has 5 heteroatoms. The van der Waals surface area contributed by atoms with Crippen molar-refractivity contribution in [3.05, 3.63) is 47.8 Å². The summed E-state index contributed by atoms with van der Waals surface area (Å²) in [5, 5.41) is 1.19. The van der Waals surface area contributed by atoms with E-state index in [4.69, 9.17) is 10.7 Å². The van der Waals surface area contributed by atoms with Crippen molar-refractivity contribution in [3.8, 4) is 11.3 Å². The molecule has 2 N–H and O–H groups in total. The molecule has 0 saturated heterocycles. The number of anilines is 1. The van der Waals surface area contributed by atoms with Gasteiger partial charge in [0.25, 0.3) is 0 Å². The molecule has 4 nitrogen and oxygen atoms in total. The first-order valence-corrected chi connectivity index (χ1v) is 8.54. The Bertz CT molecular complexity index is 1050. The van der Waals surface area contributed by atoms with Gasteiger partial charge in [-0.05, 0) is 30.4 Å². The Kier molecular flexibility index (Phi) is 2.67. The first kappa shape index (κ1) is 13.0. The molecule has 1 aliphatic rings. The Morgan fingerprint density at radius 1 is 1.00 bits per heavy atom. The number of nitrogens with zero attached hydrogens (tertiary/aromatic N) is 3. The summed E-state index contributed by atoms with van der Waals surface area (Å²) in [7, 11) is 0. The number of nitrogens with two attached hydrogens (primary N) is 1. The van der Waals surface area contributed by atoms with E-state index in [0.717, 1.165) is 33.6 Å². The number of aromatic nitrogens is 3. The van der Waals surface area contributed by atoms with Gasteiger partial charge in [0.2, 0.25) is 0 Å². The lowest BCUT2D eigenvalue weighted by Gasteiger charge is -2.09. The summed E-state index contributed by atoms with van der Waals surface area (Å²) in [5.41, 5.74) is 12.1. The van der Waals surface area contributed by atoms with Crippen molar-refractivity contribution in [2.24, 2.45) is 0 Å². The molecular formula is C18H14N4S. The van der Waals surface area contributed by atoms with Crippen LogP contribution in [0.1, 0.15) is 17.5 Å². The molecule has 0 bridgehead atoms. The fraction of sp³-hybridized carbons (Fsp3) is 0.167. The van der Waals surface area contributed by atoms with Crippen LogP contribution in [0.2, 0.25) is 0 Å². The summed E-state index contributed by atoms with van der Waals surface area (Å²) in [6, 6.07) is 10.4. The molecule has 0 fully saturated rings. The average molecular weight is 318 g/mol. The van der Waals surface area contributed by atoms with Gasteiger partial charge in [0, 0.05) is 10.9 Å². The van der Waals surface area contributed by atoms with Gasteiger partial charge in [-0.25, -0.2) is 15.0 Å². The third-order valence-corrected chi connectivity index (χ3v) is 5.64. The molecule has 0 atom stereocenters. The van der Waals surface area contributed by atoms with E-state index in [-0.39, 0.29) is 0 Å². The molecule has 0 aliphatic heterocycles. The summed E-state index contributed by atoms with van der Waals surface area (Å²) in [6.45, 7) is 0. The second-order valence-electron chi connectivity index (χ2n) is 5.86. The van der Waals surface area contributed by atoms with Gasteiger partial charge < -0.3 is 5.73 Å². The van der Waals surface area contributed by atoms with E-state index in [9.17, 15) is 0 Å². The fourth-order valence-electron chi connectivity index (χ4n) is 3.55. The highest BCUT2D eigenvalue weighted by Crippen LogP contribution is 2.42. The van der Waals surface area contributed by atoms with Gasteiger partial charge in [-0.3, -0.25) is 0 Å². The number of fused-ring (bicyclic) bond motifs is 5. The molecule has 0 unspecified atom stereocenters. The van der Waals surface area contributed by atoms with E-state index in [1.165, 1.54) is 28.5 Å². The van der Waals surface area contributed by atoms with E-state index in [0.29, 0.717) is 5.82 Å². The Hall–Kier alpha value is -2.53. The van der Waals surface area contributed by atoms with E-state index < -0.39 is 0 Å². The molecule has 4 aromatic rings. The Labute approximate surface area is 137 Å². The van der Waals surface area contributed by atoms with Crippen LogP contribution < -0.4 is 5.73 Å². The maximum atomic E-state index is 6.05. The quantitative estimate of drug-likeness (QED) is 0.576. The van der Waals surface area contributed by atoms with Crippen molar-refractivity contribution in [1.29, 1.82) is 0 Å². The highest BCUT2D eigenvalue weighted by atomic mass is 32.1. The van der Waals surface area contributed by atoms with Crippen LogP contribution in [0.4, 0.5) is 5.82 Å². The molecule has 0 amide bonds. The first-order valence-electron chi connectivity index (χ1n) is 7.73. The summed E-state index contributed by atoms with van der Waals surface area (Å²) in [6.07, 6.45) is 4.90. The number of aryl methyl sites for hydroxylation is 1. The van der Waals surface area contributed by atoms with Crippen LogP contribution in [0, 0.1) is 0 Å². The van der Waals surface area contributed by atoms with E-state index in [1.807, 2.05) is 6.07 Å². The molecule has 23 heavy (non-hydrogen) atoms.